The molecule has 11 heteroatoms. The predicted molar refractivity (Wildman–Crippen MR) is 161 cm³/mol. The topological polar surface area (TPSA) is 86.8 Å². The third kappa shape index (κ3) is 7.99. The largest absolute Gasteiger partial charge is 0.352 e. The van der Waals surface area contributed by atoms with E-state index in [4.69, 9.17) is 23.2 Å². The number of benzene rings is 3. The van der Waals surface area contributed by atoms with Crippen LogP contribution in [0.3, 0.4) is 0 Å². The van der Waals surface area contributed by atoms with Crippen LogP contribution in [-0.4, -0.2) is 43.8 Å². The number of sulfonamides is 1. The standard InChI is InChI=1S/C30H34Cl2FN3O4S/c1-5-21(4)34-30(38)28(6-2)35(18-25-26(31)8-7-9-27(25)32)29(37)19-36(23-14-12-22(33)13-15-23)41(39,40)24-16-10-20(3)11-17-24/h7-17,21,28H,5-6,18-19H2,1-4H3,(H,34,38)/t21-,28-/m0/s1. The molecule has 0 aliphatic rings. The van der Waals surface area contributed by atoms with Crippen LogP contribution in [0.4, 0.5) is 10.1 Å². The lowest BCUT2D eigenvalue weighted by atomic mass is 10.1. The van der Waals surface area contributed by atoms with Crippen LogP contribution in [0.1, 0.15) is 44.7 Å². The maximum atomic E-state index is 14.1. The molecule has 220 valence electrons. The Bertz CT molecular complexity index is 1450. The quantitative estimate of drug-likeness (QED) is 0.255. The number of anilines is 1. The van der Waals surface area contributed by atoms with Crippen molar-refractivity contribution >= 4 is 50.7 Å². The number of aryl methyl sites for hydroxylation is 1. The average Bonchev–Trinajstić information content (AvgIpc) is 2.93. The molecule has 3 aromatic carbocycles. The molecule has 0 saturated carbocycles. The lowest BCUT2D eigenvalue weighted by Crippen LogP contribution is -2.53. The molecule has 41 heavy (non-hydrogen) atoms. The van der Waals surface area contributed by atoms with E-state index >= 15 is 0 Å². The van der Waals surface area contributed by atoms with E-state index in [2.05, 4.69) is 5.32 Å². The van der Waals surface area contributed by atoms with Crippen LogP contribution in [0.15, 0.2) is 71.6 Å². The molecule has 0 bridgehead atoms. The third-order valence-electron chi connectivity index (χ3n) is 6.78. The van der Waals surface area contributed by atoms with Crippen LogP contribution in [0, 0.1) is 12.7 Å². The summed E-state index contributed by atoms with van der Waals surface area (Å²) in [5.74, 6) is -1.60. The van der Waals surface area contributed by atoms with Gasteiger partial charge in [0.25, 0.3) is 10.0 Å². The van der Waals surface area contributed by atoms with E-state index in [0.29, 0.717) is 22.0 Å². The minimum absolute atomic E-state index is 0.0394. The van der Waals surface area contributed by atoms with Crippen LogP contribution < -0.4 is 9.62 Å². The van der Waals surface area contributed by atoms with E-state index in [1.165, 1.54) is 29.2 Å². The summed E-state index contributed by atoms with van der Waals surface area (Å²) in [6.07, 6.45) is 0.928. The number of amides is 2. The van der Waals surface area contributed by atoms with Crippen LogP contribution in [0.25, 0.3) is 0 Å². The van der Waals surface area contributed by atoms with Gasteiger partial charge in [0.2, 0.25) is 11.8 Å². The van der Waals surface area contributed by atoms with Crippen molar-refractivity contribution in [2.45, 2.75) is 64.1 Å². The van der Waals surface area contributed by atoms with Gasteiger partial charge in [-0.2, -0.15) is 0 Å². The Morgan fingerprint density at radius 3 is 2.05 bits per heavy atom. The second kappa shape index (κ2) is 14.2. The smallest absolute Gasteiger partial charge is 0.264 e. The fraction of sp³-hybridized carbons (Fsp3) is 0.333. The third-order valence-corrected chi connectivity index (χ3v) is 9.28. The molecule has 2 amide bonds. The lowest BCUT2D eigenvalue weighted by Gasteiger charge is -2.34. The van der Waals surface area contributed by atoms with Crippen LogP contribution >= 0.6 is 23.2 Å². The second-order valence-corrected chi connectivity index (χ2v) is 12.4. The van der Waals surface area contributed by atoms with E-state index in [1.807, 2.05) is 20.8 Å². The fourth-order valence-corrected chi connectivity index (χ4v) is 6.12. The van der Waals surface area contributed by atoms with Crippen molar-refractivity contribution in [2.24, 2.45) is 0 Å². The summed E-state index contributed by atoms with van der Waals surface area (Å²) in [6, 6.07) is 14.8. The maximum absolute atomic E-state index is 14.1. The Labute approximate surface area is 251 Å². The number of carbonyl (C=O) groups is 2. The summed E-state index contributed by atoms with van der Waals surface area (Å²) in [4.78, 5) is 28.7. The van der Waals surface area contributed by atoms with Crippen molar-refractivity contribution in [1.29, 1.82) is 0 Å². The maximum Gasteiger partial charge on any atom is 0.264 e. The van der Waals surface area contributed by atoms with Gasteiger partial charge in [0.1, 0.15) is 18.4 Å². The highest BCUT2D eigenvalue weighted by Crippen LogP contribution is 2.29. The molecular weight excluding hydrogens is 588 g/mol. The monoisotopic (exact) mass is 621 g/mol. The summed E-state index contributed by atoms with van der Waals surface area (Å²) < 4.78 is 42.4. The van der Waals surface area contributed by atoms with Crippen molar-refractivity contribution in [3.63, 3.8) is 0 Å². The molecule has 0 aliphatic heterocycles. The number of halogens is 3. The minimum atomic E-state index is -4.27. The zero-order valence-corrected chi connectivity index (χ0v) is 25.7. The van der Waals surface area contributed by atoms with Crippen molar-refractivity contribution < 1.29 is 22.4 Å². The zero-order chi connectivity index (χ0) is 30.3. The Kier molecular flexibility index (Phi) is 11.2. The van der Waals surface area contributed by atoms with Gasteiger partial charge in [-0.05, 0) is 75.2 Å². The van der Waals surface area contributed by atoms with Crippen LogP contribution in [-0.2, 0) is 26.2 Å². The van der Waals surface area contributed by atoms with E-state index in [9.17, 15) is 22.4 Å². The second-order valence-electron chi connectivity index (χ2n) is 9.76. The van der Waals surface area contributed by atoms with Gasteiger partial charge in [0.05, 0.1) is 10.6 Å². The molecule has 0 spiro atoms. The van der Waals surface area contributed by atoms with Crippen molar-refractivity contribution in [1.82, 2.24) is 10.2 Å². The van der Waals surface area contributed by atoms with E-state index in [1.54, 1.807) is 37.3 Å². The summed E-state index contributed by atoms with van der Waals surface area (Å²) in [5, 5.41) is 3.51. The van der Waals surface area contributed by atoms with Gasteiger partial charge >= 0.3 is 0 Å². The number of hydrogen-bond acceptors (Lipinski definition) is 4. The molecule has 1 N–H and O–H groups in total. The molecule has 0 saturated heterocycles. The van der Waals surface area contributed by atoms with Gasteiger partial charge < -0.3 is 10.2 Å². The number of nitrogens with one attached hydrogen (secondary N) is 1. The van der Waals surface area contributed by atoms with E-state index in [-0.39, 0.29) is 35.5 Å². The zero-order valence-electron chi connectivity index (χ0n) is 23.4. The molecular formula is C30H34Cl2FN3O4S. The summed E-state index contributed by atoms with van der Waals surface area (Å²) in [5.41, 5.74) is 1.37. The summed E-state index contributed by atoms with van der Waals surface area (Å²) >= 11 is 12.9. The number of carbonyl (C=O) groups excluding carboxylic acids is 2. The van der Waals surface area contributed by atoms with Crippen LogP contribution in [0.2, 0.25) is 10.0 Å². The van der Waals surface area contributed by atoms with Crippen molar-refractivity contribution in [3.05, 3.63) is 93.7 Å². The van der Waals surface area contributed by atoms with Gasteiger partial charge in [-0.1, -0.05) is 60.8 Å². The summed E-state index contributed by atoms with van der Waals surface area (Å²) in [7, 11) is -4.27. The number of nitrogens with zero attached hydrogens (tertiary/aromatic N) is 2. The Hall–Kier alpha value is -3.14. The Morgan fingerprint density at radius 2 is 1.51 bits per heavy atom. The summed E-state index contributed by atoms with van der Waals surface area (Å²) in [6.45, 7) is 6.57. The first kappa shape index (κ1) is 32.4. The van der Waals surface area contributed by atoms with Gasteiger partial charge in [0.15, 0.2) is 0 Å². The lowest BCUT2D eigenvalue weighted by molar-refractivity contribution is -0.140. The molecule has 0 radical (unpaired) electrons. The molecule has 3 rings (SSSR count). The molecule has 2 atom stereocenters. The first-order valence-corrected chi connectivity index (χ1v) is 15.5. The fourth-order valence-electron chi connectivity index (χ4n) is 4.19. The Balaban J connectivity index is 2.09. The van der Waals surface area contributed by atoms with E-state index < -0.39 is 34.3 Å². The molecule has 0 heterocycles. The highest BCUT2D eigenvalue weighted by molar-refractivity contribution is 7.92. The Morgan fingerprint density at radius 1 is 0.927 bits per heavy atom. The van der Waals surface area contributed by atoms with Gasteiger partial charge in [0, 0.05) is 28.2 Å². The molecule has 0 fully saturated rings. The first-order chi connectivity index (χ1) is 19.4. The molecule has 7 nitrogen and oxygen atoms in total. The van der Waals surface area contributed by atoms with Gasteiger partial charge in [-0.15, -0.1) is 0 Å². The van der Waals surface area contributed by atoms with Gasteiger partial charge in [-0.25, -0.2) is 12.8 Å². The van der Waals surface area contributed by atoms with Crippen molar-refractivity contribution in [2.75, 3.05) is 10.8 Å². The average molecular weight is 623 g/mol. The molecule has 3 aromatic rings. The number of hydrogen-bond donors (Lipinski definition) is 1. The van der Waals surface area contributed by atoms with Crippen molar-refractivity contribution in [3.8, 4) is 0 Å². The highest BCUT2D eigenvalue weighted by atomic mass is 35.5. The van der Waals surface area contributed by atoms with E-state index in [0.717, 1.165) is 22.0 Å². The predicted octanol–water partition coefficient (Wildman–Crippen LogP) is 6.36. The molecule has 0 aromatic heterocycles. The van der Waals surface area contributed by atoms with Gasteiger partial charge in [-0.3, -0.25) is 13.9 Å². The first-order valence-electron chi connectivity index (χ1n) is 13.3. The minimum Gasteiger partial charge on any atom is -0.352 e. The van der Waals surface area contributed by atoms with Crippen LogP contribution in [0.5, 0.6) is 0 Å². The number of rotatable bonds is 12. The normalized spacial score (nSPS) is 12.9. The SMILES string of the molecule is CC[C@H](C)NC(=O)[C@H](CC)N(Cc1c(Cl)cccc1Cl)C(=O)CN(c1ccc(F)cc1)S(=O)(=O)c1ccc(C)cc1. The molecule has 0 unspecified atom stereocenters. The molecule has 0 aliphatic carbocycles. The highest BCUT2D eigenvalue weighted by Gasteiger charge is 2.34.